The minimum Gasteiger partial charge on any atom is -0.352 e. The van der Waals surface area contributed by atoms with E-state index in [0.717, 1.165) is 12.8 Å². The summed E-state index contributed by atoms with van der Waals surface area (Å²) in [7, 11) is 0. The van der Waals surface area contributed by atoms with Crippen molar-refractivity contribution in [1.82, 2.24) is 5.32 Å². The first-order valence-electron chi connectivity index (χ1n) is 5.69. The minimum absolute atomic E-state index is 0.269. The van der Waals surface area contributed by atoms with Gasteiger partial charge in [0.2, 0.25) is 5.91 Å². The number of nitrogens with one attached hydrogen (secondary N) is 1. The molecule has 0 saturated heterocycles. The van der Waals surface area contributed by atoms with Gasteiger partial charge in [-0.25, -0.2) is 0 Å². The monoisotopic (exact) mass is 259 g/mol. The number of carbonyl (C=O) groups excluding carboxylic acids is 1. The van der Waals surface area contributed by atoms with Crippen molar-refractivity contribution in [2.75, 3.05) is 0 Å². The molecule has 3 heteroatoms. The van der Waals surface area contributed by atoms with Crippen LogP contribution in [-0.2, 0) is 4.79 Å². The summed E-state index contributed by atoms with van der Waals surface area (Å²) >= 11 is 3.62. The minimum atomic E-state index is 0.269. The molecule has 1 amide bonds. The summed E-state index contributed by atoms with van der Waals surface area (Å²) in [6, 6.07) is 0.391. The van der Waals surface area contributed by atoms with E-state index in [-0.39, 0.29) is 5.91 Å². The predicted octanol–water partition coefficient (Wildman–Crippen LogP) is 2.61. The van der Waals surface area contributed by atoms with Gasteiger partial charge < -0.3 is 5.32 Å². The van der Waals surface area contributed by atoms with Crippen molar-refractivity contribution < 1.29 is 4.79 Å². The zero-order chi connectivity index (χ0) is 9.97. The molecule has 0 heterocycles. The zero-order valence-electron chi connectivity index (χ0n) is 8.47. The topological polar surface area (TPSA) is 29.1 Å². The maximum absolute atomic E-state index is 11.6. The van der Waals surface area contributed by atoms with Crippen molar-refractivity contribution in [3.05, 3.63) is 0 Å². The van der Waals surface area contributed by atoms with Gasteiger partial charge in [0.15, 0.2) is 0 Å². The number of alkyl halides is 1. The van der Waals surface area contributed by atoms with Crippen molar-refractivity contribution in [1.29, 1.82) is 0 Å². The Morgan fingerprint density at radius 1 is 1.21 bits per heavy atom. The van der Waals surface area contributed by atoms with E-state index in [0.29, 0.717) is 16.8 Å². The van der Waals surface area contributed by atoms with E-state index in [1.807, 2.05) is 0 Å². The van der Waals surface area contributed by atoms with E-state index in [1.54, 1.807) is 0 Å². The molecule has 0 aromatic carbocycles. The molecule has 2 fully saturated rings. The molecule has 0 aliphatic heterocycles. The highest BCUT2D eigenvalue weighted by molar-refractivity contribution is 9.09. The standard InChI is InChI=1S/C11H18BrNO/c12-9-5-2-6-10(9)13-11(14)7-8-3-1-4-8/h8-10H,1-7H2,(H,13,14). The summed E-state index contributed by atoms with van der Waals surface area (Å²) in [6.07, 6.45) is 8.19. The molecule has 2 rings (SSSR count). The van der Waals surface area contributed by atoms with Crippen LogP contribution in [0.4, 0.5) is 0 Å². The Labute approximate surface area is 94.0 Å². The van der Waals surface area contributed by atoms with Gasteiger partial charge in [-0.2, -0.15) is 0 Å². The fourth-order valence-electron chi connectivity index (χ4n) is 2.30. The molecule has 0 aromatic heterocycles. The Hall–Kier alpha value is -0.0500. The molecule has 0 bridgehead atoms. The Morgan fingerprint density at radius 3 is 2.43 bits per heavy atom. The highest BCUT2D eigenvalue weighted by Gasteiger charge is 2.27. The summed E-state index contributed by atoms with van der Waals surface area (Å²) in [5.74, 6) is 0.955. The molecule has 0 radical (unpaired) electrons. The van der Waals surface area contributed by atoms with Crippen LogP contribution >= 0.6 is 15.9 Å². The summed E-state index contributed by atoms with van der Waals surface area (Å²) < 4.78 is 0. The normalized spacial score (nSPS) is 32.6. The van der Waals surface area contributed by atoms with Crippen LogP contribution in [0.5, 0.6) is 0 Å². The lowest BCUT2D eigenvalue weighted by Gasteiger charge is -2.25. The first-order valence-corrected chi connectivity index (χ1v) is 6.60. The molecule has 0 spiro atoms. The average Bonchev–Trinajstić information content (AvgIpc) is 2.45. The van der Waals surface area contributed by atoms with Crippen molar-refractivity contribution in [3.63, 3.8) is 0 Å². The third-order valence-corrected chi connectivity index (χ3v) is 4.57. The Kier molecular flexibility index (Phi) is 3.47. The van der Waals surface area contributed by atoms with E-state index >= 15 is 0 Å². The highest BCUT2D eigenvalue weighted by Crippen LogP contribution is 2.30. The van der Waals surface area contributed by atoms with Crippen LogP contribution in [0.3, 0.4) is 0 Å². The smallest absolute Gasteiger partial charge is 0.220 e. The second-order valence-electron chi connectivity index (χ2n) is 4.62. The van der Waals surface area contributed by atoms with Crippen LogP contribution < -0.4 is 5.32 Å². The molecule has 1 N–H and O–H groups in total. The van der Waals surface area contributed by atoms with Gasteiger partial charge in [0.25, 0.3) is 0 Å². The second-order valence-corrected chi connectivity index (χ2v) is 5.80. The van der Waals surface area contributed by atoms with Gasteiger partial charge in [-0.1, -0.05) is 28.8 Å². The van der Waals surface area contributed by atoms with E-state index in [2.05, 4.69) is 21.2 Å². The highest BCUT2D eigenvalue weighted by atomic mass is 79.9. The van der Waals surface area contributed by atoms with Crippen molar-refractivity contribution in [2.45, 2.75) is 55.8 Å². The number of rotatable bonds is 3. The molecule has 2 aliphatic rings. The summed E-state index contributed by atoms with van der Waals surface area (Å²) in [5.41, 5.74) is 0. The van der Waals surface area contributed by atoms with Crippen LogP contribution in [0.1, 0.15) is 44.9 Å². The van der Waals surface area contributed by atoms with Gasteiger partial charge in [0.05, 0.1) is 0 Å². The fraction of sp³-hybridized carbons (Fsp3) is 0.909. The maximum Gasteiger partial charge on any atom is 0.220 e. The lowest BCUT2D eigenvalue weighted by Crippen LogP contribution is -2.39. The maximum atomic E-state index is 11.6. The van der Waals surface area contributed by atoms with Crippen LogP contribution in [0.15, 0.2) is 0 Å². The SMILES string of the molecule is O=C(CC1CCC1)NC1CCCC1Br. The number of hydrogen-bond acceptors (Lipinski definition) is 1. The number of hydrogen-bond donors (Lipinski definition) is 1. The number of halogens is 1. The average molecular weight is 260 g/mol. The quantitative estimate of drug-likeness (QED) is 0.776. The van der Waals surface area contributed by atoms with Crippen molar-refractivity contribution in [2.24, 2.45) is 5.92 Å². The van der Waals surface area contributed by atoms with Gasteiger partial charge in [0, 0.05) is 17.3 Å². The summed E-state index contributed by atoms with van der Waals surface area (Å²) in [4.78, 5) is 12.1. The van der Waals surface area contributed by atoms with Gasteiger partial charge in [-0.05, 0) is 31.6 Å². The lowest BCUT2D eigenvalue weighted by molar-refractivity contribution is -0.123. The fourth-order valence-corrected chi connectivity index (χ4v) is 3.02. The lowest BCUT2D eigenvalue weighted by atomic mass is 9.83. The van der Waals surface area contributed by atoms with Crippen LogP contribution in [0.2, 0.25) is 0 Å². The van der Waals surface area contributed by atoms with Gasteiger partial charge >= 0.3 is 0 Å². The molecular weight excluding hydrogens is 242 g/mol. The van der Waals surface area contributed by atoms with Gasteiger partial charge in [-0.3, -0.25) is 4.79 Å². The molecule has 0 aromatic rings. The van der Waals surface area contributed by atoms with E-state index < -0.39 is 0 Å². The van der Waals surface area contributed by atoms with Crippen molar-refractivity contribution in [3.8, 4) is 0 Å². The van der Waals surface area contributed by atoms with E-state index in [9.17, 15) is 4.79 Å². The van der Waals surface area contributed by atoms with E-state index in [4.69, 9.17) is 0 Å². The van der Waals surface area contributed by atoms with Gasteiger partial charge in [-0.15, -0.1) is 0 Å². The van der Waals surface area contributed by atoms with Crippen LogP contribution in [0, 0.1) is 5.92 Å². The molecule has 2 nitrogen and oxygen atoms in total. The molecule has 2 saturated carbocycles. The first-order chi connectivity index (χ1) is 6.75. The van der Waals surface area contributed by atoms with Gasteiger partial charge in [0.1, 0.15) is 0 Å². The molecule has 2 atom stereocenters. The number of amides is 1. The van der Waals surface area contributed by atoms with Crippen LogP contribution in [0.25, 0.3) is 0 Å². The number of carbonyl (C=O) groups is 1. The molecule has 80 valence electrons. The first kappa shape index (κ1) is 10.5. The molecule has 2 aliphatic carbocycles. The van der Waals surface area contributed by atoms with Crippen LogP contribution in [-0.4, -0.2) is 16.8 Å². The third-order valence-electron chi connectivity index (χ3n) is 3.48. The predicted molar refractivity (Wildman–Crippen MR) is 60.5 cm³/mol. The Bertz CT molecular complexity index is 215. The van der Waals surface area contributed by atoms with Crippen molar-refractivity contribution >= 4 is 21.8 Å². The zero-order valence-corrected chi connectivity index (χ0v) is 10.1. The Balaban J connectivity index is 1.70. The molecule has 2 unspecified atom stereocenters. The summed E-state index contributed by atoms with van der Waals surface area (Å²) in [6.45, 7) is 0. The Morgan fingerprint density at radius 2 is 1.93 bits per heavy atom. The second kappa shape index (κ2) is 4.65. The van der Waals surface area contributed by atoms with E-state index in [1.165, 1.54) is 32.1 Å². The molecule has 14 heavy (non-hydrogen) atoms. The molecular formula is C11H18BrNO. The third kappa shape index (κ3) is 2.50. The summed E-state index contributed by atoms with van der Waals surface area (Å²) in [5, 5.41) is 3.14. The largest absolute Gasteiger partial charge is 0.352 e.